The number of nitrogens with zero attached hydrogens (tertiary/aromatic N) is 4. The molecule has 0 spiro atoms. The molecule has 1 aliphatic heterocycles. The SMILES string of the molecule is CCn1c2c(c(=O)n3ncc(C(=O)NCc4ccccc4)c13)CN(Cc1ccccc1)CC2. The summed E-state index contributed by atoms with van der Waals surface area (Å²) >= 11 is 0. The molecule has 1 aliphatic rings. The van der Waals surface area contributed by atoms with Crippen LogP contribution in [-0.4, -0.2) is 31.5 Å². The Balaban J connectivity index is 1.46. The van der Waals surface area contributed by atoms with E-state index in [1.807, 2.05) is 55.5 Å². The van der Waals surface area contributed by atoms with E-state index in [1.165, 1.54) is 16.3 Å². The summed E-state index contributed by atoms with van der Waals surface area (Å²) in [5.74, 6) is -0.225. The Kier molecular flexibility index (Phi) is 5.79. The van der Waals surface area contributed by atoms with Gasteiger partial charge in [-0.1, -0.05) is 60.7 Å². The van der Waals surface area contributed by atoms with E-state index in [1.54, 1.807) is 0 Å². The zero-order valence-corrected chi connectivity index (χ0v) is 18.7. The average molecular weight is 442 g/mol. The number of carbonyl (C=O) groups excluding carboxylic acids is 1. The van der Waals surface area contributed by atoms with Gasteiger partial charge in [0.15, 0.2) is 5.65 Å². The van der Waals surface area contributed by atoms with Crippen molar-refractivity contribution in [1.82, 2.24) is 24.4 Å². The molecule has 5 rings (SSSR count). The van der Waals surface area contributed by atoms with Crippen LogP contribution in [0, 0.1) is 0 Å². The first-order chi connectivity index (χ1) is 16.2. The number of rotatable bonds is 6. The van der Waals surface area contributed by atoms with Crippen molar-refractivity contribution in [2.45, 2.75) is 39.5 Å². The normalized spacial score (nSPS) is 13.7. The second-order valence-corrected chi connectivity index (χ2v) is 8.38. The Morgan fingerprint density at radius 2 is 1.73 bits per heavy atom. The molecule has 168 valence electrons. The van der Waals surface area contributed by atoms with Crippen molar-refractivity contribution >= 4 is 11.6 Å². The maximum Gasteiger partial charge on any atom is 0.279 e. The second-order valence-electron chi connectivity index (χ2n) is 8.38. The molecule has 1 amide bonds. The molecule has 0 atom stereocenters. The van der Waals surface area contributed by atoms with Gasteiger partial charge in [-0.2, -0.15) is 9.61 Å². The summed E-state index contributed by atoms with van der Waals surface area (Å²) in [7, 11) is 0. The molecule has 0 fully saturated rings. The molecule has 4 aromatic rings. The highest BCUT2D eigenvalue weighted by Crippen LogP contribution is 2.22. The fourth-order valence-electron chi connectivity index (χ4n) is 4.65. The molecular formula is C26H27N5O2. The molecule has 0 unspecified atom stereocenters. The van der Waals surface area contributed by atoms with Crippen molar-refractivity contribution in [3.05, 3.63) is 105 Å². The first kappa shape index (κ1) is 21.2. The van der Waals surface area contributed by atoms with Crippen molar-refractivity contribution < 1.29 is 4.79 Å². The molecule has 0 saturated carbocycles. The van der Waals surface area contributed by atoms with Crippen LogP contribution >= 0.6 is 0 Å². The summed E-state index contributed by atoms with van der Waals surface area (Å²) in [4.78, 5) is 28.7. The highest BCUT2D eigenvalue weighted by atomic mass is 16.2. The van der Waals surface area contributed by atoms with Gasteiger partial charge >= 0.3 is 0 Å². The molecule has 0 saturated heterocycles. The van der Waals surface area contributed by atoms with Gasteiger partial charge in [0.1, 0.15) is 5.56 Å². The molecule has 2 aromatic heterocycles. The summed E-state index contributed by atoms with van der Waals surface area (Å²) in [5, 5.41) is 7.29. The molecule has 0 bridgehead atoms. The van der Waals surface area contributed by atoms with Gasteiger partial charge in [-0.3, -0.25) is 14.5 Å². The number of aryl methyl sites for hydroxylation is 1. The second kappa shape index (κ2) is 9.03. The lowest BCUT2D eigenvalue weighted by molar-refractivity contribution is 0.0952. The number of hydrogen-bond acceptors (Lipinski definition) is 4. The van der Waals surface area contributed by atoms with Crippen LogP contribution in [0.4, 0.5) is 0 Å². The zero-order chi connectivity index (χ0) is 22.8. The van der Waals surface area contributed by atoms with Crippen molar-refractivity contribution in [1.29, 1.82) is 0 Å². The standard InChI is InChI=1S/C26H27N5O2/c1-2-30-23-13-14-29(17-20-11-7-4-8-12-20)18-22(23)26(33)31-25(30)21(16-28-31)24(32)27-15-19-9-5-3-6-10-19/h3-12,16H,2,13-15,17-18H2,1H3,(H,27,32). The van der Waals surface area contributed by atoms with Crippen LogP contribution < -0.4 is 10.9 Å². The lowest BCUT2D eigenvalue weighted by Gasteiger charge is -2.30. The van der Waals surface area contributed by atoms with Gasteiger partial charge in [-0.05, 0) is 18.1 Å². The Hall–Kier alpha value is -3.71. The Morgan fingerprint density at radius 1 is 1.03 bits per heavy atom. The van der Waals surface area contributed by atoms with E-state index < -0.39 is 0 Å². The third-order valence-corrected chi connectivity index (χ3v) is 6.28. The van der Waals surface area contributed by atoms with E-state index in [2.05, 4.69) is 32.0 Å². The molecule has 1 N–H and O–H groups in total. The minimum atomic E-state index is -0.225. The van der Waals surface area contributed by atoms with Gasteiger partial charge in [0.05, 0.1) is 11.8 Å². The largest absolute Gasteiger partial charge is 0.348 e. The van der Waals surface area contributed by atoms with E-state index in [0.29, 0.717) is 30.8 Å². The van der Waals surface area contributed by atoms with Crippen LogP contribution in [0.25, 0.3) is 5.65 Å². The van der Waals surface area contributed by atoms with E-state index in [4.69, 9.17) is 0 Å². The number of aromatic nitrogens is 3. The quantitative estimate of drug-likeness (QED) is 0.499. The Morgan fingerprint density at radius 3 is 2.42 bits per heavy atom. The highest BCUT2D eigenvalue weighted by Gasteiger charge is 2.27. The minimum Gasteiger partial charge on any atom is -0.348 e. The first-order valence-electron chi connectivity index (χ1n) is 11.4. The van der Waals surface area contributed by atoms with Crippen molar-refractivity contribution in [2.24, 2.45) is 0 Å². The minimum absolute atomic E-state index is 0.135. The van der Waals surface area contributed by atoms with Crippen molar-refractivity contribution in [2.75, 3.05) is 6.54 Å². The molecule has 7 heteroatoms. The first-order valence-corrected chi connectivity index (χ1v) is 11.4. The van der Waals surface area contributed by atoms with Gasteiger partial charge in [0.25, 0.3) is 11.5 Å². The summed E-state index contributed by atoms with van der Waals surface area (Å²) in [5.41, 5.74) is 4.90. The molecule has 0 aliphatic carbocycles. The summed E-state index contributed by atoms with van der Waals surface area (Å²) in [6, 6.07) is 20.1. The van der Waals surface area contributed by atoms with Crippen LogP contribution in [0.5, 0.6) is 0 Å². The Bertz CT molecular complexity index is 1340. The third kappa shape index (κ3) is 4.07. The van der Waals surface area contributed by atoms with Crippen molar-refractivity contribution in [3.63, 3.8) is 0 Å². The van der Waals surface area contributed by atoms with Gasteiger partial charge < -0.3 is 9.88 Å². The fourth-order valence-corrected chi connectivity index (χ4v) is 4.65. The molecule has 0 radical (unpaired) electrons. The average Bonchev–Trinajstić information content (AvgIpc) is 3.30. The monoisotopic (exact) mass is 441 g/mol. The maximum absolute atomic E-state index is 13.4. The number of amides is 1. The van der Waals surface area contributed by atoms with Crippen LogP contribution in [0.15, 0.2) is 71.7 Å². The number of benzene rings is 2. The number of nitrogens with one attached hydrogen (secondary N) is 1. The van der Waals surface area contributed by atoms with Gasteiger partial charge in [0.2, 0.25) is 0 Å². The number of hydrogen-bond donors (Lipinski definition) is 1. The topological polar surface area (TPSA) is 71.6 Å². The van der Waals surface area contributed by atoms with E-state index in [-0.39, 0.29) is 11.5 Å². The van der Waals surface area contributed by atoms with E-state index in [0.717, 1.165) is 36.3 Å². The molecule has 2 aromatic carbocycles. The number of carbonyl (C=O) groups is 1. The van der Waals surface area contributed by atoms with Crippen LogP contribution in [0.3, 0.4) is 0 Å². The summed E-state index contributed by atoms with van der Waals surface area (Å²) in [6.07, 6.45) is 2.27. The smallest absolute Gasteiger partial charge is 0.279 e. The van der Waals surface area contributed by atoms with Crippen LogP contribution in [0.1, 0.15) is 39.7 Å². The summed E-state index contributed by atoms with van der Waals surface area (Å²) in [6.45, 7) is 5.37. The summed E-state index contributed by atoms with van der Waals surface area (Å²) < 4.78 is 3.48. The lowest BCUT2D eigenvalue weighted by Crippen LogP contribution is -2.38. The van der Waals surface area contributed by atoms with Gasteiger partial charge in [-0.25, -0.2) is 0 Å². The van der Waals surface area contributed by atoms with Crippen LogP contribution in [-0.2, 0) is 32.6 Å². The highest BCUT2D eigenvalue weighted by molar-refractivity contribution is 5.99. The van der Waals surface area contributed by atoms with Crippen LogP contribution in [0.2, 0.25) is 0 Å². The predicted octanol–water partition coefficient (Wildman–Crippen LogP) is 3.00. The van der Waals surface area contributed by atoms with Crippen molar-refractivity contribution in [3.8, 4) is 0 Å². The zero-order valence-electron chi connectivity index (χ0n) is 18.7. The van der Waals surface area contributed by atoms with Gasteiger partial charge in [-0.15, -0.1) is 0 Å². The molecular weight excluding hydrogens is 414 g/mol. The maximum atomic E-state index is 13.4. The lowest BCUT2D eigenvalue weighted by atomic mass is 10.0. The number of fused-ring (bicyclic) bond motifs is 2. The predicted molar refractivity (Wildman–Crippen MR) is 127 cm³/mol. The fraction of sp³-hybridized carbons (Fsp3) is 0.269. The van der Waals surface area contributed by atoms with E-state index in [9.17, 15) is 9.59 Å². The van der Waals surface area contributed by atoms with E-state index >= 15 is 0 Å². The molecule has 3 heterocycles. The van der Waals surface area contributed by atoms with Gasteiger partial charge in [0, 0.05) is 44.8 Å². The molecule has 33 heavy (non-hydrogen) atoms. The Labute approximate surface area is 192 Å². The molecule has 7 nitrogen and oxygen atoms in total. The third-order valence-electron chi connectivity index (χ3n) is 6.28.